The first kappa shape index (κ1) is 9.21. The minimum atomic E-state index is -0.266. The molecule has 0 heterocycles. The third kappa shape index (κ3) is 2.31. The molecular formula is C9H7BrFN. The van der Waals surface area contributed by atoms with Crippen LogP contribution in [0.15, 0.2) is 22.7 Å². The first-order valence-electron chi connectivity index (χ1n) is 3.51. The van der Waals surface area contributed by atoms with Crippen LogP contribution < -0.4 is 0 Å². The Bertz CT molecular complexity index is 317. The molecule has 0 unspecified atom stereocenters. The predicted octanol–water partition coefficient (Wildman–Crippen LogP) is 3.05. The van der Waals surface area contributed by atoms with Crippen molar-refractivity contribution < 1.29 is 4.39 Å². The quantitative estimate of drug-likeness (QED) is 0.685. The van der Waals surface area contributed by atoms with Crippen molar-refractivity contribution in [3.8, 4) is 0 Å². The largest absolute Gasteiger partial charge is 0.317 e. The van der Waals surface area contributed by atoms with E-state index in [0.717, 1.165) is 5.56 Å². The van der Waals surface area contributed by atoms with E-state index >= 15 is 0 Å². The molecule has 0 spiro atoms. The van der Waals surface area contributed by atoms with Crippen molar-refractivity contribution >= 4 is 15.9 Å². The van der Waals surface area contributed by atoms with Crippen LogP contribution in [0.25, 0.3) is 4.85 Å². The molecule has 1 aromatic rings. The van der Waals surface area contributed by atoms with Gasteiger partial charge in [-0.05, 0) is 33.6 Å². The van der Waals surface area contributed by atoms with Crippen LogP contribution in [0, 0.1) is 12.4 Å². The van der Waals surface area contributed by atoms with Crippen LogP contribution in [0.4, 0.5) is 4.39 Å². The molecule has 0 bridgehead atoms. The Morgan fingerprint density at radius 3 is 2.83 bits per heavy atom. The van der Waals surface area contributed by atoms with Crippen molar-refractivity contribution in [1.82, 2.24) is 0 Å². The van der Waals surface area contributed by atoms with Crippen LogP contribution in [0.5, 0.6) is 0 Å². The monoisotopic (exact) mass is 227 g/mol. The summed E-state index contributed by atoms with van der Waals surface area (Å²) in [6, 6.07) is 4.93. The van der Waals surface area contributed by atoms with E-state index in [1.165, 1.54) is 6.07 Å². The van der Waals surface area contributed by atoms with Gasteiger partial charge in [0.15, 0.2) is 0 Å². The van der Waals surface area contributed by atoms with Crippen molar-refractivity contribution in [2.75, 3.05) is 6.54 Å². The maximum absolute atomic E-state index is 12.9. The van der Waals surface area contributed by atoms with E-state index in [0.29, 0.717) is 17.4 Å². The van der Waals surface area contributed by atoms with Crippen LogP contribution in [0.2, 0.25) is 0 Å². The highest BCUT2D eigenvalue weighted by molar-refractivity contribution is 9.10. The molecule has 0 aliphatic carbocycles. The van der Waals surface area contributed by atoms with Crippen LogP contribution >= 0.6 is 15.9 Å². The Hall–Kier alpha value is -0.880. The lowest BCUT2D eigenvalue weighted by Gasteiger charge is -1.97. The standard InChI is InChI=1S/C9H7BrFN/c1-12-5-4-7-2-3-8(10)9(11)6-7/h2-3,6H,4-5H2. The van der Waals surface area contributed by atoms with Gasteiger partial charge in [0.2, 0.25) is 6.54 Å². The highest BCUT2D eigenvalue weighted by Gasteiger charge is 2.00. The van der Waals surface area contributed by atoms with Crippen LogP contribution in [0.3, 0.4) is 0 Å². The van der Waals surface area contributed by atoms with Gasteiger partial charge < -0.3 is 4.85 Å². The molecule has 1 nitrogen and oxygen atoms in total. The zero-order chi connectivity index (χ0) is 8.97. The van der Waals surface area contributed by atoms with Gasteiger partial charge in [-0.2, -0.15) is 0 Å². The van der Waals surface area contributed by atoms with Gasteiger partial charge in [-0.3, -0.25) is 0 Å². The minimum Gasteiger partial charge on any atom is -0.317 e. The number of halogens is 2. The SMILES string of the molecule is [C-]#[N+]CCc1ccc(Br)c(F)c1. The normalized spacial score (nSPS) is 9.42. The van der Waals surface area contributed by atoms with E-state index in [1.54, 1.807) is 6.07 Å². The summed E-state index contributed by atoms with van der Waals surface area (Å²) in [6.07, 6.45) is 0.619. The van der Waals surface area contributed by atoms with E-state index in [9.17, 15) is 4.39 Å². The molecule has 1 rings (SSSR count). The number of nitrogens with zero attached hydrogens (tertiary/aromatic N) is 1. The van der Waals surface area contributed by atoms with E-state index in [4.69, 9.17) is 6.57 Å². The van der Waals surface area contributed by atoms with Gasteiger partial charge in [0.1, 0.15) is 5.82 Å². The van der Waals surface area contributed by atoms with Gasteiger partial charge in [0.25, 0.3) is 0 Å². The topological polar surface area (TPSA) is 4.36 Å². The number of rotatable bonds is 2. The summed E-state index contributed by atoms with van der Waals surface area (Å²) in [4.78, 5) is 3.20. The number of benzene rings is 1. The highest BCUT2D eigenvalue weighted by Crippen LogP contribution is 2.16. The lowest BCUT2D eigenvalue weighted by molar-refractivity contribution is 0.619. The number of hydrogen-bond acceptors (Lipinski definition) is 0. The molecule has 62 valence electrons. The summed E-state index contributed by atoms with van der Waals surface area (Å²) < 4.78 is 13.3. The van der Waals surface area contributed by atoms with E-state index < -0.39 is 0 Å². The van der Waals surface area contributed by atoms with Gasteiger partial charge in [0.05, 0.1) is 4.47 Å². The van der Waals surface area contributed by atoms with Gasteiger partial charge in [-0.25, -0.2) is 11.0 Å². The Labute approximate surface area is 79.2 Å². The fourth-order valence-electron chi connectivity index (χ4n) is 0.880. The molecule has 0 radical (unpaired) electrons. The van der Waals surface area contributed by atoms with Gasteiger partial charge in [-0.1, -0.05) is 6.07 Å². The molecule has 0 fully saturated rings. The first-order chi connectivity index (χ1) is 5.74. The zero-order valence-corrected chi connectivity index (χ0v) is 7.94. The van der Waals surface area contributed by atoms with Crippen LogP contribution in [-0.4, -0.2) is 6.54 Å². The third-order valence-electron chi connectivity index (χ3n) is 1.50. The average molecular weight is 228 g/mol. The lowest BCUT2D eigenvalue weighted by Crippen LogP contribution is -1.89. The second kappa shape index (κ2) is 4.22. The molecule has 0 amide bonds. The summed E-state index contributed by atoms with van der Waals surface area (Å²) in [6.45, 7) is 6.99. The molecule has 0 N–H and O–H groups in total. The summed E-state index contributed by atoms with van der Waals surface area (Å²) in [5, 5.41) is 0. The molecule has 3 heteroatoms. The van der Waals surface area contributed by atoms with Crippen molar-refractivity contribution in [2.24, 2.45) is 0 Å². The fourth-order valence-corrected chi connectivity index (χ4v) is 1.13. The Morgan fingerprint density at radius 2 is 2.25 bits per heavy atom. The van der Waals surface area contributed by atoms with Crippen LogP contribution in [0.1, 0.15) is 5.56 Å². The smallest absolute Gasteiger partial charge is 0.218 e. The second-order valence-corrected chi connectivity index (χ2v) is 3.23. The summed E-state index contributed by atoms with van der Waals surface area (Å²) in [5.74, 6) is -0.266. The summed E-state index contributed by atoms with van der Waals surface area (Å²) >= 11 is 3.06. The maximum Gasteiger partial charge on any atom is 0.218 e. The summed E-state index contributed by atoms with van der Waals surface area (Å²) in [7, 11) is 0. The first-order valence-corrected chi connectivity index (χ1v) is 4.30. The predicted molar refractivity (Wildman–Crippen MR) is 49.3 cm³/mol. The molecule has 0 aliphatic heterocycles. The molecule has 0 atom stereocenters. The molecule has 0 aliphatic rings. The third-order valence-corrected chi connectivity index (χ3v) is 2.14. The lowest BCUT2D eigenvalue weighted by atomic mass is 10.1. The van der Waals surface area contributed by atoms with Gasteiger partial charge in [-0.15, -0.1) is 0 Å². The van der Waals surface area contributed by atoms with Crippen LogP contribution in [-0.2, 0) is 6.42 Å². The molecule has 12 heavy (non-hydrogen) atoms. The van der Waals surface area contributed by atoms with Crippen molar-refractivity contribution in [2.45, 2.75) is 6.42 Å². The van der Waals surface area contributed by atoms with Gasteiger partial charge >= 0.3 is 0 Å². The average Bonchev–Trinajstić information content (AvgIpc) is 2.07. The molecule has 0 aromatic heterocycles. The van der Waals surface area contributed by atoms with Crippen molar-refractivity contribution in [3.05, 3.63) is 45.5 Å². The Balaban J connectivity index is 2.77. The second-order valence-electron chi connectivity index (χ2n) is 2.38. The van der Waals surface area contributed by atoms with Crippen molar-refractivity contribution in [1.29, 1.82) is 0 Å². The Kier molecular flexibility index (Phi) is 3.24. The minimum absolute atomic E-state index is 0.266. The van der Waals surface area contributed by atoms with Crippen molar-refractivity contribution in [3.63, 3.8) is 0 Å². The van der Waals surface area contributed by atoms with E-state index in [1.807, 2.05) is 6.07 Å². The summed E-state index contributed by atoms with van der Waals surface area (Å²) in [5.41, 5.74) is 0.867. The molecule has 0 saturated heterocycles. The molecular weight excluding hydrogens is 221 g/mol. The maximum atomic E-state index is 12.9. The number of hydrogen-bond donors (Lipinski definition) is 0. The Morgan fingerprint density at radius 1 is 1.50 bits per heavy atom. The van der Waals surface area contributed by atoms with E-state index in [2.05, 4.69) is 20.8 Å². The molecule has 1 aromatic carbocycles. The van der Waals surface area contributed by atoms with Gasteiger partial charge in [0, 0.05) is 6.42 Å². The highest BCUT2D eigenvalue weighted by atomic mass is 79.9. The zero-order valence-electron chi connectivity index (χ0n) is 6.35. The van der Waals surface area contributed by atoms with E-state index in [-0.39, 0.29) is 5.82 Å². The molecule has 0 saturated carbocycles. The fraction of sp³-hybridized carbons (Fsp3) is 0.222.